The summed E-state index contributed by atoms with van der Waals surface area (Å²) >= 11 is 0. The first-order valence-electron chi connectivity index (χ1n) is 13.6. The first-order chi connectivity index (χ1) is 20.1. The molecule has 0 aliphatic carbocycles. The van der Waals surface area contributed by atoms with E-state index in [1.807, 2.05) is 49.5 Å². The van der Waals surface area contributed by atoms with Crippen LogP contribution in [0.5, 0.6) is 0 Å². The Morgan fingerprint density at radius 2 is 1.71 bits per heavy atom. The van der Waals surface area contributed by atoms with Crippen LogP contribution in [-0.4, -0.2) is 62.3 Å². The molecule has 0 atom stereocenters. The first kappa shape index (κ1) is 25.3. The second-order valence-electron chi connectivity index (χ2n) is 10.3. The largest absolute Gasteiger partial charge is 0.352 e. The number of piperazine rings is 1. The third kappa shape index (κ3) is 4.59. The Morgan fingerprint density at radius 1 is 0.878 bits per heavy atom. The van der Waals surface area contributed by atoms with Gasteiger partial charge in [-0.05, 0) is 42.3 Å². The highest BCUT2D eigenvalue weighted by atomic mass is 19.2. The number of aryl methyl sites for hydroxylation is 1. The molecule has 8 nitrogen and oxygen atoms in total. The highest BCUT2D eigenvalue weighted by Gasteiger charge is 2.25. The Morgan fingerprint density at radius 3 is 2.51 bits per heavy atom. The lowest BCUT2D eigenvalue weighted by atomic mass is 10.1. The van der Waals surface area contributed by atoms with E-state index >= 15 is 0 Å². The summed E-state index contributed by atoms with van der Waals surface area (Å²) in [6, 6.07) is 19.9. The van der Waals surface area contributed by atoms with Crippen LogP contribution in [0, 0.1) is 11.6 Å². The minimum atomic E-state index is -0.812. The Bertz CT molecular complexity index is 1860. The van der Waals surface area contributed by atoms with E-state index in [1.54, 1.807) is 12.4 Å². The average molecular weight is 552 g/mol. The van der Waals surface area contributed by atoms with Gasteiger partial charge >= 0.3 is 0 Å². The number of rotatable bonds is 6. The monoisotopic (exact) mass is 551 g/mol. The third-order valence-corrected chi connectivity index (χ3v) is 7.84. The summed E-state index contributed by atoms with van der Waals surface area (Å²) in [4.78, 5) is 18.8. The van der Waals surface area contributed by atoms with E-state index in [-0.39, 0.29) is 0 Å². The van der Waals surface area contributed by atoms with Crippen LogP contribution < -0.4 is 4.90 Å². The fourth-order valence-electron chi connectivity index (χ4n) is 5.66. The molecule has 0 N–H and O–H groups in total. The van der Waals surface area contributed by atoms with E-state index in [9.17, 15) is 8.78 Å². The maximum atomic E-state index is 13.6. The van der Waals surface area contributed by atoms with Crippen LogP contribution >= 0.6 is 0 Å². The van der Waals surface area contributed by atoms with Gasteiger partial charge in [-0.25, -0.2) is 18.7 Å². The van der Waals surface area contributed by atoms with Gasteiger partial charge in [0, 0.05) is 56.3 Å². The second kappa shape index (κ2) is 10.4. The quantitative estimate of drug-likeness (QED) is 0.271. The molecule has 1 aliphatic rings. The maximum Gasteiger partial charge on any atom is 0.258 e. The van der Waals surface area contributed by atoms with Crippen molar-refractivity contribution < 1.29 is 13.3 Å². The predicted octanol–water partition coefficient (Wildman–Crippen LogP) is 5.48. The van der Waals surface area contributed by atoms with Crippen molar-refractivity contribution in [2.24, 2.45) is 7.05 Å². The lowest BCUT2D eigenvalue weighted by Gasteiger charge is -2.35. The van der Waals surface area contributed by atoms with Crippen molar-refractivity contribution in [3.05, 3.63) is 90.3 Å². The molecule has 0 radical (unpaired) electrons. The van der Waals surface area contributed by atoms with Crippen molar-refractivity contribution >= 4 is 27.8 Å². The molecule has 0 spiro atoms. The molecule has 0 bridgehead atoms. The molecule has 10 heteroatoms. The molecule has 6 aromatic rings. The van der Waals surface area contributed by atoms with Crippen LogP contribution in [0.15, 0.2) is 77.6 Å². The number of aromatic nitrogens is 5. The molecule has 4 heterocycles. The summed E-state index contributed by atoms with van der Waals surface area (Å²) in [6.45, 7) is 4.06. The number of halogens is 2. The molecular weight excluding hydrogens is 524 g/mol. The van der Waals surface area contributed by atoms with Crippen molar-refractivity contribution in [2.75, 3.05) is 37.6 Å². The molecule has 1 aliphatic heterocycles. The third-order valence-electron chi connectivity index (χ3n) is 7.84. The summed E-state index contributed by atoms with van der Waals surface area (Å²) in [5, 5.41) is 5.26. The van der Waals surface area contributed by atoms with Crippen molar-refractivity contribution in [3.8, 4) is 22.8 Å². The summed E-state index contributed by atoms with van der Waals surface area (Å²) in [5.41, 5.74) is 5.32. The van der Waals surface area contributed by atoms with Crippen LogP contribution in [0.2, 0.25) is 0 Å². The maximum absolute atomic E-state index is 13.6. The van der Waals surface area contributed by atoms with E-state index < -0.39 is 11.6 Å². The number of nitrogens with zero attached hydrogens (tertiary/aromatic N) is 7. The van der Waals surface area contributed by atoms with Crippen molar-refractivity contribution in [1.82, 2.24) is 29.6 Å². The lowest BCUT2D eigenvalue weighted by Crippen LogP contribution is -2.47. The molecule has 7 rings (SSSR count). The van der Waals surface area contributed by atoms with E-state index in [2.05, 4.69) is 25.6 Å². The molecular formula is C31H27F2N7O. The Kier molecular flexibility index (Phi) is 6.39. The van der Waals surface area contributed by atoms with Crippen LogP contribution in [-0.2, 0) is 13.5 Å². The lowest BCUT2D eigenvalue weighted by molar-refractivity contribution is 0.260. The van der Waals surface area contributed by atoms with Gasteiger partial charge < -0.3 is 14.0 Å². The molecule has 3 aromatic heterocycles. The standard InChI is InChI=1S/C31H27F2N7O/c1-38-25-9-5-8-22(29-36-31(41-37-29)21-6-3-2-4-7-21)26(25)27-28(38)30(35-19-34-27)40-16-14-39(15-17-40)13-12-20-10-11-23(32)24(33)18-20/h2-11,18-19H,12-17H2,1H3. The van der Waals surface area contributed by atoms with E-state index in [0.717, 1.165) is 77.2 Å². The number of benzene rings is 3. The Hall–Kier alpha value is -4.70. The Balaban J connectivity index is 1.16. The smallest absolute Gasteiger partial charge is 0.258 e. The van der Waals surface area contributed by atoms with Gasteiger partial charge in [-0.1, -0.05) is 41.6 Å². The molecule has 0 saturated carbocycles. The molecule has 206 valence electrons. The molecule has 41 heavy (non-hydrogen) atoms. The minimum absolute atomic E-state index is 0.468. The fraction of sp³-hybridized carbons (Fsp3) is 0.226. The van der Waals surface area contributed by atoms with Crippen LogP contribution in [0.3, 0.4) is 0 Å². The van der Waals surface area contributed by atoms with Gasteiger partial charge in [-0.15, -0.1) is 0 Å². The molecule has 3 aromatic carbocycles. The zero-order valence-corrected chi connectivity index (χ0v) is 22.5. The van der Waals surface area contributed by atoms with E-state index in [0.29, 0.717) is 18.1 Å². The average Bonchev–Trinajstić information content (AvgIpc) is 3.62. The topological polar surface area (TPSA) is 76.1 Å². The zero-order valence-electron chi connectivity index (χ0n) is 22.5. The number of hydrogen-bond donors (Lipinski definition) is 0. The van der Waals surface area contributed by atoms with Gasteiger partial charge in [-0.2, -0.15) is 4.98 Å². The predicted molar refractivity (Wildman–Crippen MR) is 153 cm³/mol. The SMILES string of the molecule is Cn1c2cccc(-c3noc(-c4ccccc4)n3)c2c2ncnc(N3CCN(CCc4ccc(F)c(F)c4)CC3)c21. The highest BCUT2D eigenvalue weighted by Crippen LogP contribution is 2.37. The van der Waals surface area contributed by atoms with Crippen molar-refractivity contribution in [3.63, 3.8) is 0 Å². The molecule has 1 saturated heterocycles. The van der Waals surface area contributed by atoms with Crippen LogP contribution in [0.1, 0.15) is 5.56 Å². The summed E-state index contributed by atoms with van der Waals surface area (Å²) in [7, 11) is 2.03. The molecule has 1 fully saturated rings. The van der Waals surface area contributed by atoms with Gasteiger partial charge in [0.05, 0.1) is 5.52 Å². The van der Waals surface area contributed by atoms with Gasteiger partial charge in [-0.3, -0.25) is 4.90 Å². The molecule has 0 unspecified atom stereocenters. The van der Waals surface area contributed by atoms with Gasteiger partial charge in [0.15, 0.2) is 17.5 Å². The number of fused-ring (bicyclic) bond motifs is 3. The number of anilines is 1. The second-order valence-corrected chi connectivity index (χ2v) is 10.3. The fourth-order valence-corrected chi connectivity index (χ4v) is 5.66. The highest BCUT2D eigenvalue weighted by molar-refractivity contribution is 6.14. The summed E-state index contributed by atoms with van der Waals surface area (Å²) < 4.78 is 34.6. The van der Waals surface area contributed by atoms with Gasteiger partial charge in [0.1, 0.15) is 17.4 Å². The van der Waals surface area contributed by atoms with Crippen LogP contribution in [0.25, 0.3) is 44.8 Å². The van der Waals surface area contributed by atoms with Crippen molar-refractivity contribution in [1.29, 1.82) is 0 Å². The zero-order chi connectivity index (χ0) is 27.9. The van der Waals surface area contributed by atoms with Gasteiger partial charge in [0.25, 0.3) is 5.89 Å². The van der Waals surface area contributed by atoms with Crippen molar-refractivity contribution in [2.45, 2.75) is 6.42 Å². The Labute approximate surface area is 234 Å². The minimum Gasteiger partial charge on any atom is -0.352 e. The molecule has 0 amide bonds. The summed E-state index contributed by atoms with van der Waals surface area (Å²) in [6.07, 6.45) is 2.29. The van der Waals surface area contributed by atoms with E-state index in [4.69, 9.17) is 19.5 Å². The van der Waals surface area contributed by atoms with E-state index in [1.165, 1.54) is 12.1 Å². The summed E-state index contributed by atoms with van der Waals surface area (Å²) in [5.74, 6) is 0.257. The van der Waals surface area contributed by atoms with Gasteiger partial charge in [0.2, 0.25) is 5.82 Å². The first-order valence-corrected chi connectivity index (χ1v) is 13.6. The normalized spacial score (nSPS) is 14.4. The number of hydrogen-bond acceptors (Lipinski definition) is 7. The van der Waals surface area contributed by atoms with Crippen LogP contribution in [0.4, 0.5) is 14.6 Å².